The third-order valence-corrected chi connectivity index (χ3v) is 8.60. The Morgan fingerprint density at radius 3 is 2.70 bits per heavy atom. The molecule has 1 saturated carbocycles. The molecule has 0 aromatic rings. The fraction of sp³-hybridized carbons (Fsp3) is 0.720. The summed E-state index contributed by atoms with van der Waals surface area (Å²) in [5, 5.41) is 30.6. The van der Waals surface area contributed by atoms with Gasteiger partial charge in [-0.25, -0.2) is 0 Å². The molecule has 0 radical (unpaired) electrons. The van der Waals surface area contributed by atoms with Crippen LogP contribution in [-0.4, -0.2) is 52.1 Å². The third-order valence-electron chi connectivity index (χ3n) is 8.60. The molecule has 5 heteroatoms. The first kappa shape index (κ1) is 21.9. The van der Waals surface area contributed by atoms with Gasteiger partial charge in [-0.15, -0.1) is 0 Å². The summed E-state index contributed by atoms with van der Waals surface area (Å²) in [6, 6.07) is 0. The molecule has 1 saturated heterocycles. The van der Waals surface area contributed by atoms with Crippen LogP contribution >= 0.6 is 0 Å². The maximum Gasteiger partial charge on any atom is 0.182 e. The first-order chi connectivity index (χ1) is 14.1. The summed E-state index contributed by atoms with van der Waals surface area (Å²) in [5.74, 6) is 0.410. The fourth-order valence-electron chi connectivity index (χ4n) is 6.98. The number of ether oxygens (including phenoxy) is 1. The standard InChI is InChI=1S/C25H36O5/c1-14(12-26)7-17-9-16(3)25(30-17)6-5-24(4)11-18-15(2)8-21(29)23(18)19(13-27)20(28)10-22(24)25/h7-8,16-18,20,22,26-28H,5-6,9-13H2,1-4H3/b14-7+,23-19?/t16-,17-,18+,20+,22+,24+,25-/m0/s1. The molecule has 5 nitrogen and oxygen atoms in total. The predicted octanol–water partition coefficient (Wildman–Crippen LogP) is 3.09. The molecular weight excluding hydrogens is 380 g/mol. The number of carbonyl (C=O) groups is 1. The van der Waals surface area contributed by atoms with E-state index in [0.29, 0.717) is 23.5 Å². The SMILES string of the molecule is CC1=CC(=O)C2=C(CO)[C@H](O)C[C@@H]3[C@](C)(CC[C@@]34O[C@@H](/C=C(\C)CO)C[C@@H]4C)C[C@H]12. The van der Waals surface area contributed by atoms with Gasteiger partial charge in [0.15, 0.2) is 5.78 Å². The van der Waals surface area contributed by atoms with E-state index >= 15 is 0 Å². The smallest absolute Gasteiger partial charge is 0.182 e. The highest BCUT2D eigenvalue weighted by molar-refractivity contribution is 6.08. The van der Waals surface area contributed by atoms with Crippen LogP contribution in [0.4, 0.5) is 0 Å². The van der Waals surface area contributed by atoms with Crippen molar-refractivity contribution in [1.29, 1.82) is 0 Å². The minimum atomic E-state index is -0.833. The molecule has 1 aliphatic heterocycles. The van der Waals surface area contributed by atoms with E-state index in [1.54, 1.807) is 6.08 Å². The van der Waals surface area contributed by atoms with Crippen LogP contribution in [0.3, 0.4) is 0 Å². The maximum absolute atomic E-state index is 12.7. The number of hydrogen-bond acceptors (Lipinski definition) is 5. The molecule has 0 bridgehead atoms. The minimum absolute atomic E-state index is 0.0183. The lowest BCUT2D eigenvalue weighted by Crippen LogP contribution is -2.46. The van der Waals surface area contributed by atoms with E-state index in [1.165, 1.54) is 0 Å². The maximum atomic E-state index is 12.7. The van der Waals surface area contributed by atoms with Gasteiger partial charge in [0, 0.05) is 11.5 Å². The Bertz CT molecular complexity index is 823. The molecule has 0 aromatic carbocycles. The van der Waals surface area contributed by atoms with Crippen LogP contribution in [0.1, 0.15) is 59.8 Å². The molecule has 3 N–H and O–H groups in total. The number of aliphatic hydroxyl groups excluding tert-OH is 3. The fourth-order valence-corrected chi connectivity index (χ4v) is 6.98. The molecule has 4 aliphatic rings. The summed E-state index contributed by atoms with van der Waals surface area (Å²) in [6.07, 6.45) is 7.09. The van der Waals surface area contributed by atoms with Gasteiger partial charge >= 0.3 is 0 Å². The zero-order valence-corrected chi connectivity index (χ0v) is 18.6. The van der Waals surface area contributed by atoms with E-state index in [1.807, 2.05) is 19.9 Å². The summed E-state index contributed by atoms with van der Waals surface area (Å²) in [6.45, 7) is 8.22. The molecule has 0 unspecified atom stereocenters. The highest BCUT2D eigenvalue weighted by atomic mass is 16.5. The van der Waals surface area contributed by atoms with E-state index < -0.39 is 6.10 Å². The zero-order chi connectivity index (χ0) is 21.8. The van der Waals surface area contributed by atoms with Crippen molar-refractivity contribution in [3.8, 4) is 0 Å². The van der Waals surface area contributed by atoms with Crippen LogP contribution in [0.5, 0.6) is 0 Å². The summed E-state index contributed by atoms with van der Waals surface area (Å²) in [5.41, 5.74) is 2.73. The topological polar surface area (TPSA) is 87.0 Å². The highest BCUT2D eigenvalue weighted by Gasteiger charge is 2.62. The molecule has 30 heavy (non-hydrogen) atoms. The molecule has 1 spiro atoms. The molecule has 166 valence electrons. The zero-order valence-electron chi connectivity index (χ0n) is 18.6. The average Bonchev–Trinajstić information content (AvgIpc) is 3.24. The summed E-state index contributed by atoms with van der Waals surface area (Å²) in [7, 11) is 0. The lowest BCUT2D eigenvalue weighted by atomic mass is 9.62. The van der Waals surface area contributed by atoms with E-state index in [9.17, 15) is 20.1 Å². The average molecular weight is 417 g/mol. The largest absolute Gasteiger partial charge is 0.392 e. The van der Waals surface area contributed by atoms with Gasteiger partial charge in [0.1, 0.15) is 0 Å². The van der Waals surface area contributed by atoms with Gasteiger partial charge < -0.3 is 20.1 Å². The lowest BCUT2D eigenvalue weighted by molar-refractivity contribution is -0.112. The van der Waals surface area contributed by atoms with Gasteiger partial charge in [0.25, 0.3) is 0 Å². The molecule has 7 atom stereocenters. The Kier molecular flexibility index (Phi) is 5.63. The Morgan fingerprint density at radius 2 is 2.03 bits per heavy atom. The third kappa shape index (κ3) is 3.26. The molecule has 1 heterocycles. The minimum Gasteiger partial charge on any atom is -0.392 e. The van der Waals surface area contributed by atoms with Crippen LogP contribution in [0.2, 0.25) is 0 Å². The summed E-state index contributed by atoms with van der Waals surface area (Å²) in [4.78, 5) is 12.7. The quantitative estimate of drug-likeness (QED) is 0.616. The Morgan fingerprint density at radius 1 is 1.30 bits per heavy atom. The number of hydrogen-bond donors (Lipinski definition) is 3. The van der Waals surface area contributed by atoms with Gasteiger partial charge in [0.05, 0.1) is 31.0 Å². The molecule has 2 fully saturated rings. The second-order valence-electron chi connectivity index (χ2n) is 10.5. The lowest BCUT2D eigenvalue weighted by Gasteiger charge is -2.45. The number of aliphatic hydroxyl groups is 3. The van der Waals surface area contributed by atoms with Crippen LogP contribution in [0, 0.1) is 23.2 Å². The van der Waals surface area contributed by atoms with Gasteiger partial charge in [-0.3, -0.25) is 4.79 Å². The van der Waals surface area contributed by atoms with Gasteiger partial charge in [-0.05, 0) is 80.4 Å². The molecule has 0 aromatic heterocycles. The van der Waals surface area contributed by atoms with Gasteiger partial charge in [-0.2, -0.15) is 0 Å². The first-order valence-electron chi connectivity index (χ1n) is 11.4. The summed E-state index contributed by atoms with van der Waals surface area (Å²) < 4.78 is 6.74. The van der Waals surface area contributed by atoms with E-state index in [4.69, 9.17) is 4.74 Å². The van der Waals surface area contributed by atoms with Crippen molar-refractivity contribution >= 4 is 5.78 Å². The van der Waals surface area contributed by atoms with Crippen molar-refractivity contribution < 1.29 is 24.9 Å². The van der Waals surface area contributed by atoms with Crippen molar-refractivity contribution in [2.45, 2.75) is 77.6 Å². The molecular formula is C25H36O5. The van der Waals surface area contributed by atoms with Gasteiger partial charge in [-0.1, -0.05) is 25.5 Å². The van der Waals surface area contributed by atoms with E-state index in [0.717, 1.165) is 36.8 Å². The first-order valence-corrected chi connectivity index (χ1v) is 11.4. The van der Waals surface area contributed by atoms with Crippen molar-refractivity contribution in [2.24, 2.45) is 23.2 Å². The van der Waals surface area contributed by atoms with Gasteiger partial charge in [0.2, 0.25) is 0 Å². The predicted molar refractivity (Wildman–Crippen MR) is 115 cm³/mol. The van der Waals surface area contributed by atoms with E-state index in [-0.39, 0.29) is 48.0 Å². The number of rotatable bonds is 3. The van der Waals surface area contributed by atoms with Crippen LogP contribution in [0.15, 0.2) is 34.4 Å². The molecule has 3 aliphatic carbocycles. The van der Waals surface area contributed by atoms with Crippen LogP contribution < -0.4 is 0 Å². The monoisotopic (exact) mass is 416 g/mol. The highest BCUT2D eigenvalue weighted by Crippen LogP contribution is 2.63. The summed E-state index contributed by atoms with van der Waals surface area (Å²) >= 11 is 0. The van der Waals surface area contributed by atoms with E-state index in [2.05, 4.69) is 13.8 Å². The molecule has 4 rings (SSSR count). The van der Waals surface area contributed by atoms with Crippen molar-refractivity contribution in [1.82, 2.24) is 0 Å². The second-order valence-corrected chi connectivity index (χ2v) is 10.5. The van der Waals surface area contributed by atoms with Crippen molar-refractivity contribution in [3.63, 3.8) is 0 Å². The number of fused-ring (bicyclic) bond motifs is 3. The van der Waals surface area contributed by atoms with Crippen LogP contribution in [0.25, 0.3) is 0 Å². The Hall–Kier alpha value is -1.27. The molecule has 0 amide bonds. The number of carbonyl (C=O) groups excluding carboxylic acids is 1. The van der Waals surface area contributed by atoms with Crippen molar-refractivity contribution in [3.05, 3.63) is 34.4 Å². The Balaban J connectivity index is 1.73. The van der Waals surface area contributed by atoms with Crippen LogP contribution in [-0.2, 0) is 9.53 Å². The Labute approximate surface area is 179 Å². The normalized spacial score (nSPS) is 44.2. The number of allylic oxidation sites excluding steroid dienone is 3. The van der Waals surface area contributed by atoms with Crippen molar-refractivity contribution in [2.75, 3.05) is 13.2 Å². The second kappa shape index (κ2) is 7.70. The number of ketones is 1.